The Labute approximate surface area is 128 Å². The highest BCUT2D eigenvalue weighted by Gasteiger charge is 2.32. The van der Waals surface area contributed by atoms with Crippen molar-refractivity contribution in [1.82, 2.24) is 4.90 Å². The van der Waals surface area contributed by atoms with E-state index in [1.54, 1.807) is 7.11 Å². The molecule has 2 rings (SSSR count). The van der Waals surface area contributed by atoms with Crippen molar-refractivity contribution < 1.29 is 14.6 Å². The zero-order chi connectivity index (χ0) is 14.8. The molecule has 5 heteroatoms. The van der Waals surface area contributed by atoms with Crippen molar-refractivity contribution in [2.75, 3.05) is 26.8 Å². The number of aliphatic hydroxyl groups excluding tert-OH is 1. The summed E-state index contributed by atoms with van der Waals surface area (Å²) >= 11 is 3.51. The van der Waals surface area contributed by atoms with Crippen molar-refractivity contribution in [1.29, 1.82) is 0 Å². The van der Waals surface area contributed by atoms with Crippen LogP contribution in [0.25, 0.3) is 0 Å². The van der Waals surface area contributed by atoms with Gasteiger partial charge in [0.05, 0.1) is 29.9 Å². The van der Waals surface area contributed by atoms with E-state index < -0.39 is 0 Å². The predicted octanol–water partition coefficient (Wildman–Crippen LogP) is 2.43. The number of hydrogen-bond donors (Lipinski definition) is 1. The zero-order valence-electron chi connectivity index (χ0n) is 12.2. The van der Waals surface area contributed by atoms with Gasteiger partial charge in [-0.05, 0) is 47.5 Å². The SMILES string of the molecule is COc1ccc(CN2CC(CO)OC(C)(C)C2)cc1Br. The maximum Gasteiger partial charge on any atom is 0.133 e. The van der Waals surface area contributed by atoms with Gasteiger partial charge in [-0.3, -0.25) is 4.90 Å². The van der Waals surface area contributed by atoms with Gasteiger partial charge in [-0.15, -0.1) is 0 Å². The maximum atomic E-state index is 9.34. The molecule has 1 aromatic rings. The van der Waals surface area contributed by atoms with E-state index >= 15 is 0 Å². The van der Waals surface area contributed by atoms with Crippen LogP contribution in [0.3, 0.4) is 0 Å². The fourth-order valence-electron chi connectivity index (χ4n) is 2.70. The molecule has 0 spiro atoms. The normalized spacial score (nSPS) is 22.8. The number of hydrogen-bond acceptors (Lipinski definition) is 4. The Hall–Kier alpha value is -0.620. The third kappa shape index (κ3) is 3.95. The summed E-state index contributed by atoms with van der Waals surface area (Å²) in [6, 6.07) is 6.11. The quantitative estimate of drug-likeness (QED) is 0.911. The smallest absolute Gasteiger partial charge is 0.133 e. The lowest BCUT2D eigenvalue weighted by molar-refractivity contribution is -0.150. The Morgan fingerprint density at radius 1 is 1.50 bits per heavy atom. The minimum atomic E-state index is -0.227. The van der Waals surface area contributed by atoms with Gasteiger partial charge in [0, 0.05) is 19.6 Å². The molecule has 1 N–H and O–H groups in total. The highest BCUT2D eigenvalue weighted by Crippen LogP contribution is 2.27. The first-order chi connectivity index (χ1) is 9.43. The van der Waals surface area contributed by atoms with Crippen LogP contribution in [0.2, 0.25) is 0 Å². The van der Waals surface area contributed by atoms with E-state index in [-0.39, 0.29) is 18.3 Å². The molecule has 0 aliphatic carbocycles. The fraction of sp³-hybridized carbons (Fsp3) is 0.600. The van der Waals surface area contributed by atoms with Crippen molar-refractivity contribution in [3.8, 4) is 5.75 Å². The van der Waals surface area contributed by atoms with Crippen molar-refractivity contribution in [3.63, 3.8) is 0 Å². The molecule has 112 valence electrons. The van der Waals surface area contributed by atoms with Crippen LogP contribution < -0.4 is 4.74 Å². The maximum absolute atomic E-state index is 9.34. The van der Waals surface area contributed by atoms with Gasteiger partial charge >= 0.3 is 0 Å². The molecule has 0 amide bonds. The van der Waals surface area contributed by atoms with Crippen molar-refractivity contribution >= 4 is 15.9 Å². The molecule has 1 aromatic carbocycles. The molecular formula is C15H22BrNO3. The third-order valence-corrected chi connectivity index (χ3v) is 4.00. The highest BCUT2D eigenvalue weighted by molar-refractivity contribution is 9.10. The molecule has 1 fully saturated rings. The lowest BCUT2D eigenvalue weighted by Crippen LogP contribution is -2.53. The number of nitrogens with zero attached hydrogens (tertiary/aromatic N) is 1. The van der Waals surface area contributed by atoms with Gasteiger partial charge in [0.2, 0.25) is 0 Å². The molecule has 0 saturated carbocycles. The van der Waals surface area contributed by atoms with Gasteiger partial charge in [-0.1, -0.05) is 6.07 Å². The Bertz CT molecular complexity index is 464. The van der Waals surface area contributed by atoms with Crippen LogP contribution in [0.1, 0.15) is 19.4 Å². The molecule has 4 nitrogen and oxygen atoms in total. The Morgan fingerprint density at radius 3 is 2.85 bits per heavy atom. The number of rotatable bonds is 4. The summed E-state index contributed by atoms with van der Waals surface area (Å²) < 4.78 is 12.0. The molecule has 1 aliphatic rings. The van der Waals surface area contributed by atoms with Crippen LogP contribution in [-0.2, 0) is 11.3 Å². The van der Waals surface area contributed by atoms with E-state index in [4.69, 9.17) is 9.47 Å². The minimum Gasteiger partial charge on any atom is -0.496 e. The van der Waals surface area contributed by atoms with Crippen molar-refractivity contribution in [2.45, 2.75) is 32.1 Å². The van der Waals surface area contributed by atoms with E-state index in [1.165, 1.54) is 5.56 Å². The van der Waals surface area contributed by atoms with Gasteiger partial charge in [-0.25, -0.2) is 0 Å². The molecule has 0 aromatic heterocycles. The second kappa shape index (κ2) is 6.43. The molecule has 1 atom stereocenters. The van der Waals surface area contributed by atoms with Crippen molar-refractivity contribution in [2.24, 2.45) is 0 Å². The summed E-state index contributed by atoms with van der Waals surface area (Å²) in [5, 5.41) is 9.34. The average molecular weight is 344 g/mol. The van der Waals surface area contributed by atoms with E-state index in [0.717, 1.165) is 29.9 Å². The Kier molecular flexibility index (Phi) is 5.07. The average Bonchev–Trinajstić information content (AvgIpc) is 2.37. The molecule has 1 heterocycles. The standard InChI is InChI=1S/C15H22BrNO3/c1-15(2)10-17(8-12(9-18)20-15)7-11-4-5-14(19-3)13(16)6-11/h4-6,12,18H,7-10H2,1-3H3. The molecule has 0 radical (unpaired) electrons. The van der Waals surface area contributed by atoms with Crippen LogP contribution in [0.4, 0.5) is 0 Å². The first kappa shape index (κ1) is 15.8. The first-order valence-electron chi connectivity index (χ1n) is 6.77. The van der Waals surface area contributed by atoms with Crippen LogP contribution >= 0.6 is 15.9 Å². The summed E-state index contributed by atoms with van der Waals surface area (Å²) in [4.78, 5) is 2.32. The number of methoxy groups -OCH3 is 1. The summed E-state index contributed by atoms with van der Waals surface area (Å²) in [5.74, 6) is 0.837. The summed E-state index contributed by atoms with van der Waals surface area (Å²) in [7, 11) is 1.66. The van der Waals surface area contributed by atoms with Gasteiger partial charge in [0.1, 0.15) is 5.75 Å². The molecular weight excluding hydrogens is 322 g/mol. The van der Waals surface area contributed by atoms with Crippen molar-refractivity contribution in [3.05, 3.63) is 28.2 Å². The van der Waals surface area contributed by atoms with Gasteiger partial charge in [0.15, 0.2) is 0 Å². The van der Waals surface area contributed by atoms with E-state index in [9.17, 15) is 5.11 Å². The van der Waals surface area contributed by atoms with Gasteiger partial charge in [-0.2, -0.15) is 0 Å². The summed E-state index contributed by atoms with van der Waals surface area (Å²) in [5.41, 5.74) is 0.988. The fourth-order valence-corrected chi connectivity index (χ4v) is 3.29. The minimum absolute atomic E-state index is 0.0617. The number of ether oxygens (including phenoxy) is 2. The van der Waals surface area contributed by atoms with E-state index in [0.29, 0.717) is 0 Å². The largest absolute Gasteiger partial charge is 0.496 e. The summed E-state index contributed by atoms with van der Waals surface area (Å²) in [6.45, 7) is 6.63. The number of morpholine rings is 1. The lowest BCUT2D eigenvalue weighted by Gasteiger charge is -2.42. The lowest BCUT2D eigenvalue weighted by atomic mass is 10.0. The van der Waals surface area contributed by atoms with Crippen LogP contribution in [0.15, 0.2) is 22.7 Å². The number of halogens is 1. The topological polar surface area (TPSA) is 41.9 Å². The van der Waals surface area contributed by atoms with Gasteiger partial charge < -0.3 is 14.6 Å². The van der Waals surface area contributed by atoms with Crippen LogP contribution in [-0.4, -0.2) is 48.5 Å². The Balaban J connectivity index is 2.07. The van der Waals surface area contributed by atoms with Crippen LogP contribution in [0.5, 0.6) is 5.75 Å². The molecule has 1 aliphatic heterocycles. The molecule has 1 saturated heterocycles. The van der Waals surface area contributed by atoms with E-state index in [1.807, 2.05) is 6.07 Å². The second-order valence-corrected chi connectivity index (χ2v) is 6.67. The molecule has 1 unspecified atom stereocenters. The first-order valence-corrected chi connectivity index (χ1v) is 7.56. The number of benzene rings is 1. The Morgan fingerprint density at radius 2 is 2.25 bits per heavy atom. The molecule has 0 bridgehead atoms. The second-order valence-electron chi connectivity index (χ2n) is 5.82. The van der Waals surface area contributed by atoms with Crippen LogP contribution in [0, 0.1) is 0 Å². The predicted molar refractivity (Wildman–Crippen MR) is 82.0 cm³/mol. The summed E-state index contributed by atoms with van der Waals surface area (Å²) in [6.07, 6.45) is -0.111. The number of aliphatic hydroxyl groups is 1. The monoisotopic (exact) mass is 343 g/mol. The third-order valence-electron chi connectivity index (χ3n) is 3.38. The van der Waals surface area contributed by atoms with Gasteiger partial charge in [0.25, 0.3) is 0 Å². The molecule has 20 heavy (non-hydrogen) atoms. The highest BCUT2D eigenvalue weighted by atomic mass is 79.9. The zero-order valence-corrected chi connectivity index (χ0v) is 13.8. The van der Waals surface area contributed by atoms with E-state index in [2.05, 4.69) is 46.8 Å².